The Kier molecular flexibility index (Phi) is 4.41. The van der Waals surface area contributed by atoms with E-state index in [1.165, 1.54) is 0 Å². The van der Waals surface area contributed by atoms with Crippen LogP contribution in [-0.4, -0.2) is 63.7 Å². The Labute approximate surface area is 143 Å². The normalized spacial score (nSPS) is 16.4. The van der Waals surface area contributed by atoms with Crippen LogP contribution in [0.25, 0.3) is 11.3 Å². The van der Waals surface area contributed by atoms with Crippen LogP contribution in [0.15, 0.2) is 30.7 Å². The third-order valence-electron chi connectivity index (χ3n) is 4.37. The highest BCUT2D eigenvalue weighted by Crippen LogP contribution is 2.20. The number of hydrogen-bond acceptors (Lipinski definition) is 4. The molecule has 2 aromatic heterocycles. The minimum Gasteiger partial charge on any atom is -0.336 e. The molecule has 1 fully saturated rings. The number of piperazine rings is 1. The molecule has 3 heterocycles. The van der Waals surface area contributed by atoms with E-state index >= 15 is 0 Å². The molecule has 1 saturated heterocycles. The predicted molar refractivity (Wildman–Crippen MR) is 93.9 cm³/mol. The highest BCUT2D eigenvalue weighted by molar-refractivity contribution is 5.94. The zero-order valence-electron chi connectivity index (χ0n) is 14.9. The average Bonchev–Trinajstić information content (AvgIpc) is 3.05. The highest BCUT2D eigenvalue weighted by Gasteiger charge is 2.21. The van der Waals surface area contributed by atoms with Gasteiger partial charge in [0.15, 0.2) is 0 Å². The molecule has 0 saturated carbocycles. The van der Waals surface area contributed by atoms with E-state index in [4.69, 9.17) is 0 Å². The summed E-state index contributed by atoms with van der Waals surface area (Å²) < 4.78 is 1.92. The van der Waals surface area contributed by atoms with Gasteiger partial charge in [-0.05, 0) is 40.0 Å². The van der Waals surface area contributed by atoms with Gasteiger partial charge in [-0.2, -0.15) is 5.10 Å². The zero-order valence-corrected chi connectivity index (χ0v) is 14.9. The minimum absolute atomic E-state index is 0.0599. The van der Waals surface area contributed by atoms with Crippen LogP contribution >= 0.6 is 0 Å². The van der Waals surface area contributed by atoms with Gasteiger partial charge in [0, 0.05) is 44.1 Å². The zero-order chi connectivity index (χ0) is 17.3. The Bertz CT molecular complexity index is 706. The Morgan fingerprint density at radius 3 is 2.33 bits per heavy atom. The standard InChI is InChI=1S/C18H25N5O/c1-18(2,3)23-13-15(12-20-23)16-6-5-14(11-19-16)17(24)22-9-7-21(4)8-10-22/h5-6,11-13H,7-10H2,1-4H3. The maximum Gasteiger partial charge on any atom is 0.255 e. The molecule has 0 atom stereocenters. The Morgan fingerprint density at radius 2 is 1.79 bits per heavy atom. The molecule has 6 nitrogen and oxygen atoms in total. The maximum absolute atomic E-state index is 12.5. The van der Waals surface area contributed by atoms with Gasteiger partial charge in [-0.3, -0.25) is 14.5 Å². The van der Waals surface area contributed by atoms with Crippen molar-refractivity contribution < 1.29 is 4.79 Å². The maximum atomic E-state index is 12.5. The van der Waals surface area contributed by atoms with Gasteiger partial charge in [-0.15, -0.1) is 0 Å². The SMILES string of the molecule is CN1CCN(C(=O)c2ccc(-c3cnn(C(C)(C)C)c3)nc2)CC1. The minimum atomic E-state index is -0.0599. The lowest BCUT2D eigenvalue weighted by atomic mass is 10.1. The first-order valence-corrected chi connectivity index (χ1v) is 8.34. The molecule has 2 aromatic rings. The third kappa shape index (κ3) is 3.48. The van der Waals surface area contributed by atoms with E-state index in [9.17, 15) is 4.79 Å². The first kappa shape index (κ1) is 16.6. The molecule has 6 heteroatoms. The number of aromatic nitrogens is 3. The van der Waals surface area contributed by atoms with Crippen LogP contribution < -0.4 is 0 Å². The second-order valence-electron chi connectivity index (χ2n) is 7.37. The van der Waals surface area contributed by atoms with Gasteiger partial charge in [0.25, 0.3) is 5.91 Å². The van der Waals surface area contributed by atoms with Crippen LogP contribution in [0, 0.1) is 0 Å². The number of hydrogen-bond donors (Lipinski definition) is 0. The fraction of sp³-hybridized carbons (Fsp3) is 0.500. The summed E-state index contributed by atoms with van der Waals surface area (Å²) in [5.74, 6) is 0.0625. The van der Waals surface area contributed by atoms with E-state index in [2.05, 4.69) is 42.8 Å². The Balaban J connectivity index is 1.73. The van der Waals surface area contributed by atoms with Crippen molar-refractivity contribution in [1.82, 2.24) is 24.6 Å². The second kappa shape index (κ2) is 6.36. The van der Waals surface area contributed by atoms with E-state index in [0.717, 1.165) is 37.4 Å². The number of carbonyl (C=O) groups is 1. The van der Waals surface area contributed by atoms with Crippen LogP contribution in [0.3, 0.4) is 0 Å². The summed E-state index contributed by atoms with van der Waals surface area (Å²) in [6.45, 7) is 9.70. The molecule has 1 amide bonds. The Hall–Kier alpha value is -2.21. The molecule has 24 heavy (non-hydrogen) atoms. The van der Waals surface area contributed by atoms with Crippen LogP contribution in [0.5, 0.6) is 0 Å². The van der Waals surface area contributed by atoms with Gasteiger partial charge in [0.2, 0.25) is 0 Å². The first-order valence-electron chi connectivity index (χ1n) is 8.34. The second-order valence-corrected chi connectivity index (χ2v) is 7.37. The number of rotatable bonds is 2. The molecular weight excluding hydrogens is 302 g/mol. The molecule has 1 aliphatic rings. The fourth-order valence-electron chi connectivity index (χ4n) is 2.71. The summed E-state index contributed by atoms with van der Waals surface area (Å²) >= 11 is 0. The number of likely N-dealkylation sites (N-methyl/N-ethyl adjacent to an activating group) is 1. The monoisotopic (exact) mass is 327 g/mol. The lowest BCUT2D eigenvalue weighted by Gasteiger charge is -2.32. The summed E-state index contributed by atoms with van der Waals surface area (Å²) in [6.07, 6.45) is 5.48. The predicted octanol–water partition coefficient (Wildman–Crippen LogP) is 2.09. The summed E-state index contributed by atoms with van der Waals surface area (Å²) in [6, 6.07) is 3.75. The van der Waals surface area contributed by atoms with Crippen LogP contribution in [0.4, 0.5) is 0 Å². The molecule has 0 aliphatic carbocycles. The molecule has 0 spiro atoms. The van der Waals surface area contributed by atoms with E-state index in [0.29, 0.717) is 5.56 Å². The molecule has 1 aliphatic heterocycles. The van der Waals surface area contributed by atoms with E-state index < -0.39 is 0 Å². The van der Waals surface area contributed by atoms with Crippen molar-refractivity contribution in [3.05, 3.63) is 36.3 Å². The van der Waals surface area contributed by atoms with Crippen LogP contribution in [0.1, 0.15) is 31.1 Å². The molecule has 3 rings (SSSR count). The van der Waals surface area contributed by atoms with Gasteiger partial charge < -0.3 is 9.80 Å². The van der Waals surface area contributed by atoms with Crippen molar-refractivity contribution in [2.45, 2.75) is 26.3 Å². The molecule has 0 N–H and O–H groups in total. The van der Waals surface area contributed by atoms with Crippen molar-refractivity contribution in [2.24, 2.45) is 0 Å². The molecule has 0 unspecified atom stereocenters. The first-order chi connectivity index (χ1) is 11.3. The van der Waals surface area contributed by atoms with Gasteiger partial charge in [-0.25, -0.2) is 0 Å². The summed E-state index contributed by atoms with van der Waals surface area (Å²) in [4.78, 5) is 21.1. The van der Waals surface area contributed by atoms with E-state index in [1.54, 1.807) is 6.20 Å². The molecule has 128 valence electrons. The molecule has 0 radical (unpaired) electrons. The summed E-state index contributed by atoms with van der Waals surface area (Å²) in [5.41, 5.74) is 2.38. The van der Waals surface area contributed by atoms with Crippen molar-refractivity contribution in [3.8, 4) is 11.3 Å². The number of pyridine rings is 1. The quantitative estimate of drug-likeness (QED) is 0.847. The van der Waals surface area contributed by atoms with Crippen molar-refractivity contribution in [3.63, 3.8) is 0 Å². The Morgan fingerprint density at radius 1 is 1.08 bits per heavy atom. The fourth-order valence-corrected chi connectivity index (χ4v) is 2.71. The number of carbonyl (C=O) groups excluding carboxylic acids is 1. The summed E-state index contributed by atoms with van der Waals surface area (Å²) in [7, 11) is 2.08. The van der Waals surface area contributed by atoms with Crippen molar-refractivity contribution in [1.29, 1.82) is 0 Å². The van der Waals surface area contributed by atoms with Crippen molar-refractivity contribution >= 4 is 5.91 Å². The molecule has 0 bridgehead atoms. The number of amides is 1. The number of nitrogens with zero attached hydrogens (tertiary/aromatic N) is 5. The smallest absolute Gasteiger partial charge is 0.255 e. The lowest BCUT2D eigenvalue weighted by molar-refractivity contribution is 0.0663. The van der Waals surface area contributed by atoms with Crippen LogP contribution in [0.2, 0.25) is 0 Å². The lowest BCUT2D eigenvalue weighted by Crippen LogP contribution is -2.47. The van der Waals surface area contributed by atoms with E-state index in [-0.39, 0.29) is 11.4 Å². The highest BCUT2D eigenvalue weighted by atomic mass is 16.2. The summed E-state index contributed by atoms with van der Waals surface area (Å²) in [5, 5.41) is 4.40. The third-order valence-corrected chi connectivity index (χ3v) is 4.37. The van der Waals surface area contributed by atoms with Gasteiger partial charge in [0.05, 0.1) is 23.0 Å². The van der Waals surface area contributed by atoms with Gasteiger partial charge in [-0.1, -0.05) is 0 Å². The van der Waals surface area contributed by atoms with Gasteiger partial charge >= 0.3 is 0 Å². The van der Waals surface area contributed by atoms with Crippen molar-refractivity contribution in [2.75, 3.05) is 33.2 Å². The topological polar surface area (TPSA) is 54.3 Å². The average molecular weight is 327 g/mol. The molecular formula is C18H25N5O. The largest absolute Gasteiger partial charge is 0.336 e. The van der Waals surface area contributed by atoms with Crippen LogP contribution in [-0.2, 0) is 5.54 Å². The van der Waals surface area contributed by atoms with E-state index in [1.807, 2.05) is 34.1 Å². The molecule has 0 aromatic carbocycles. The van der Waals surface area contributed by atoms with Gasteiger partial charge in [0.1, 0.15) is 0 Å².